The third-order valence-electron chi connectivity index (χ3n) is 4.62. The Morgan fingerprint density at radius 2 is 1.91 bits per heavy atom. The van der Waals surface area contributed by atoms with E-state index in [9.17, 15) is 13.2 Å². The van der Waals surface area contributed by atoms with Crippen LogP contribution in [-0.2, 0) is 14.8 Å². The lowest BCUT2D eigenvalue weighted by atomic mass is 10.1. The molecule has 0 saturated carbocycles. The van der Waals surface area contributed by atoms with Crippen LogP contribution in [0.3, 0.4) is 0 Å². The first kappa shape index (κ1) is 17.7. The maximum Gasteiger partial charge on any atom is 0.238 e. The number of piperidine rings is 1. The fourth-order valence-electron chi connectivity index (χ4n) is 3.47. The zero-order valence-electron chi connectivity index (χ0n) is 13.8. The van der Waals surface area contributed by atoms with Crippen molar-refractivity contribution in [1.29, 1.82) is 0 Å². The number of amides is 1. The van der Waals surface area contributed by atoms with Crippen LogP contribution in [0.15, 0.2) is 0 Å². The molecular weight excluding hydrogens is 302 g/mol. The van der Waals surface area contributed by atoms with E-state index in [0.717, 1.165) is 38.9 Å². The number of rotatable bonds is 6. The molecule has 1 amide bonds. The second-order valence-electron chi connectivity index (χ2n) is 6.33. The monoisotopic (exact) mass is 331 g/mol. The number of nitrogens with zero attached hydrogens (tertiary/aromatic N) is 2. The van der Waals surface area contributed by atoms with Gasteiger partial charge in [-0.25, -0.2) is 8.42 Å². The fraction of sp³-hybridized carbons (Fsp3) is 0.933. The van der Waals surface area contributed by atoms with Crippen molar-refractivity contribution in [3.63, 3.8) is 0 Å². The first-order valence-electron chi connectivity index (χ1n) is 8.50. The predicted molar refractivity (Wildman–Crippen MR) is 87.1 cm³/mol. The standard InChI is InChI=1S/C15H29N3O3S/c1-3-11-22(20,21)18-10-6-8-14(18)15(19)16-13-7-5-9-17(4-2)12-13/h13-14H,3-12H2,1-2H3,(H,16,19)/t13-,14-/m0/s1. The number of likely N-dealkylation sites (N-methyl/N-ethyl adjacent to an activating group) is 1. The second kappa shape index (κ2) is 7.75. The summed E-state index contributed by atoms with van der Waals surface area (Å²) in [6.07, 6.45) is 4.06. The largest absolute Gasteiger partial charge is 0.351 e. The number of likely N-dealkylation sites (tertiary alicyclic amines) is 1. The second-order valence-corrected chi connectivity index (χ2v) is 8.37. The quantitative estimate of drug-likeness (QED) is 0.781. The molecule has 0 bridgehead atoms. The molecule has 0 aromatic heterocycles. The van der Waals surface area contributed by atoms with E-state index in [2.05, 4.69) is 17.1 Å². The smallest absolute Gasteiger partial charge is 0.238 e. The van der Waals surface area contributed by atoms with Crippen LogP contribution < -0.4 is 5.32 Å². The Morgan fingerprint density at radius 1 is 1.18 bits per heavy atom. The average molecular weight is 331 g/mol. The van der Waals surface area contributed by atoms with Crippen LogP contribution in [0.25, 0.3) is 0 Å². The van der Waals surface area contributed by atoms with Gasteiger partial charge < -0.3 is 10.2 Å². The van der Waals surface area contributed by atoms with Crippen molar-refractivity contribution in [1.82, 2.24) is 14.5 Å². The average Bonchev–Trinajstić information content (AvgIpc) is 2.98. The van der Waals surface area contributed by atoms with Gasteiger partial charge in [0.15, 0.2) is 0 Å². The van der Waals surface area contributed by atoms with Gasteiger partial charge in [-0.15, -0.1) is 0 Å². The topological polar surface area (TPSA) is 69.7 Å². The van der Waals surface area contributed by atoms with E-state index in [0.29, 0.717) is 19.4 Å². The summed E-state index contributed by atoms with van der Waals surface area (Å²) >= 11 is 0. The highest BCUT2D eigenvalue weighted by atomic mass is 32.2. The summed E-state index contributed by atoms with van der Waals surface area (Å²) in [4.78, 5) is 14.9. The molecule has 22 heavy (non-hydrogen) atoms. The number of hydrogen-bond acceptors (Lipinski definition) is 4. The molecule has 0 aromatic carbocycles. The Hall–Kier alpha value is -0.660. The molecule has 2 fully saturated rings. The lowest BCUT2D eigenvalue weighted by Crippen LogP contribution is -2.53. The molecule has 1 N–H and O–H groups in total. The van der Waals surface area contributed by atoms with Crippen LogP contribution in [0.1, 0.15) is 46.0 Å². The molecule has 0 aromatic rings. The summed E-state index contributed by atoms with van der Waals surface area (Å²) in [5.41, 5.74) is 0. The lowest BCUT2D eigenvalue weighted by Gasteiger charge is -2.33. The van der Waals surface area contributed by atoms with E-state index in [1.807, 2.05) is 6.92 Å². The fourth-order valence-corrected chi connectivity index (χ4v) is 5.21. The van der Waals surface area contributed by atoms with E-state index >= 15 is 0 Å². The van der Waals surface area contributed by atoms with Crippen molar-refractivity contribution in [3.8, 4) is 0 Å². The van der Waals surface area contributed by atoms with Gasteiger partial charge in [0.25, 0.3) is 0 Å². The SMILES string of the molecule is CCCS(=O)(=O)N1CCC[C@H]1C(=O)N[C@H]1CCCN(CC)C1. The Balaban J connectivity index is 1.96. The van der Waals surface area contributed by atoms with Gasteiger partial charge in [-0.3, -0.25) is 4.79 Å². The molecule has 0 spiro atoms. The van der Waals surface area contributed by atoms with E-state index in [1.165, 1.54) is 4.31 Å². The first-order chi connectivity index (χ1) is 10.5. The van der Waals surface area contributed by atoms with Crippen molar-refractivity contribution in [2.24, 2.45) is 0 Å². The summed E-state index contributed by atoms with van der Waals surface area (Å²) < 4.78 is 26.0. The minimum absolute atomic E-state index is 0.111. The summed E-state index contributed by atoms with van der Waals surface area (Å²) in [5.74, 6) is 0.0178. The highest BCUT2D eigenvalue weighted by molar-refractivity contribution is 7.89. The van der Waals surface area contributed by atoms with Crippen LogP contribution in [0.2, 0.25) is 0 Å². The van der Waals surface area contributed by atoms with Crippen LogP contribution in [0, 0.1) is 0 Å². The van der Waals surface area contributed by atoms with Gasteiger partial charge in [-0.1, -0.05) is 13.8 Å². The van der Waals surface area contributed by atoms with Crippen molar-refractivity contribution in [3.05, 3.63) is 0 Å². The van der Waals surface area contributed by atoms with E-state index in [1.54, 1.807) is 0 Å². The van der Waals surface area contributed by atoms with Crippen molar-refractivity contribution >= 4 is 15.9 Å². The Morgan fingerprint density at radius 3 is 2.59 bits per heavy atom. The van der Waals surface area contributed by atoms with Crippen molar-refractivity contribution in [2.45, 2.75) is 58.0 Å². The lowest BCUT2D eigenvalue weighted by molar-refractivity contribution is -0.125. The van der Waals surface area contributed by atoms with Crippen LogP contribution in [0.4, 0.5) is 0 Å². The molecule has 7 heteroatoms. The minimum Gasteiger partial charge on any atom is -0.351 e. The van der Waals surface area contributed by atoms with Crippen molar-refractivity contribution < 1.29 is 13.2 Å². The van der Waals surface area contributed by atoms with Gasteiger partial charge >= 0.3 is 0 Å². The summed E-state index contributed by atoms with van der Waals surface area (Å²) in [5, 5.41) is 3.08. The molecule has 2 aliphatic rings. The number of carbonyl (C=O) groups is 1. The van der Waals surface area contributed by atoms with Crippen LogP contribution >= 0.6 is 0 Å². The van der Waals surface area contributed by atoms with Gasteiger partial charge in [0.2, 0.25) is 15.9 Å². The molecule has 6 nitrogen and oxygen atoms in total. The van der Waals surface area contributed by atoms with Crippen LogP contribution in [-0.4, -0.2) is 67.5 Å². The van der Waals surface area contributed by atoms with Gasteiger partial charge in [-0.2, -0.15) is 4.31 Å². The molecule has 2 atom stereocenters. The Labute approximate surface area is 134 Å². The Bertz CT molecular complexity index is 480. The number of sulfonamides is 1. The third-order valence-corrected chi connectivity index (χ3v) is 6.70. The maximum absolute atomic E-state index is 12.5. The van der Waals surface area contributed by atoms with E-state index in [-0.39, 0.29) is 17.7 Å². The van der Waals surface area contributed by atoms with Gasteiger partial charge in [0.05, 0.1) is 5.75 Å². The normalized spacial score (nSPS) is 27.9. The molecule has 2 saturated heterocycles. The number of hydrogen-bond donors (Lipinski definition) is 1. The van der Waals surface area contributed by atoms with Gasteiger partial charge in [0, 0.05) is 19.1 Å². The van der Waals surface area contributed by atoms with Crippen LogP contribution in [0.5, 0.6) is 0 Å². The third kappa shape index (κ3) is 4.20. The molecule has 0 radical (unpaired) electrons. The molecule has 0 unspecified atom stereocenters. The first-order valence-corrected chi connectivity index (χ1v) is 10.1. The van der Waals surface area contributed by atoms with E-state index in [4.69, 9.17) is 0 Å². The summed E-state index contributed by atoms with van der Waals surface area (Å²) in [7, 11) is -3.30. The van der Waals surface area contributed by atoms with Gasteiger partial charge in [-0.05, 0) is 45.2 Å². The maximum atomic E-state index is 12.5. The molecule has 128 valence electrons. The minimum atomic E-state index is -3.30. The highest BCUT2D eigenvalue weighted by Gasteiger charge is 2.38. The summed E-state index contributed by atoms with van der Waals surface area (Å²) in [6.45, 7) is 7.41. The highest BCUT2D eigenvalue weighted by Crippen LogP contribution is 2.22. The number of carbonyl (C=O) groups excluding carboxylic acids is 1. The molecule has 0 aliphatic carbocycles. The molecule has 2 aliphatic heterocycles. The predicted octanol–water partition coefficient (Wildman–Crippen LogP) is 0.791. The zero-order valence-corrected chi connectivity index (χ0v) is 14.6. The molecule has 2 heterocycles. The Kier molecular flexibility index (Phi) is 6.23. The molecule has 2 rings (SSSR count). The van der Waals surface area contributed by atoms with Gasteiger partial charge in [0.1, 0.15) is 6.04 Å². The zero-order chi connectivity index (χ0) is 16.2. The number of nitrogens with one attached hydrogen (secondary N) is 1. The van der Waals surface area contributed by atoms with Crippen molar-refractivity contribution in [2.75, 3.05) is 31.9 Å². The van der Waals surface area contributed by atoms with E-state index < -0.39 is 16.1 Å². The summed E-state index contributed by atoms with van der Waals surface area (Å²) in [6, 6.07) is -0.355. The molecular formula is C15H29N3O3S.